The summed E-state index contributed by atoms with van der Waals surface area (Å²) in [6.07, 6.45) is 3.65. The molecule has 0 aromatic carbocycles. The van der Waals surface area contributed by atoms with Crippen molar-refractivity contribution >= 4 is 29.0 Å². The number of hydrogen-bond acceptors (Lipinski definition) is 2. The fraction of sp³-hybridized carbons (Fsp3) is 0.667. The summed E-state index contributed by atoms with van der Waals surface area (Å²) in [6.45, 7) is 3.60. The zero-order valence-corrected chi connectivity index (χ0v) is 8.89. The van der Waals surface area contributed by atoms with E-state index in [0.29, 0.717) is 0 Å². The molecule has 0 spiro atoms. The van der Waals surface area contributed by atoms with Gasteiger partial charge in [0.25, 0.3) is 0 Å². The molecule has 13 heavy (non-hydrogen) atoms. The van der Waals surface area contributed by atoms with Gasteiger partial charge in [-0.05, 0) is 13.8 Å². The van der Waals surface area contributed by atoms with Gasteiger partial charge in [-0.3, -0.25) is 4.79 Å². The fourth-order valence-corrected chi connectivity index (χ4v) is 2.39. The van der Waals surface area contributed by atoms with Gasteiger partial charge in [0.2, 0.25) is 0 Å². The minimum absolute atomic E-state index is 0.149. The predicted octanol–water partition coefficient (Wildman–Crippen LogP) is 1.89. The van der Waals surface area contributed by atoms with Crippen LogP contribution < -0.4 is 0 Å². The van der Waals surface area contributed by atoms with Gasteiger partial charge in [0.05, 0.1) is 0 Å². The van der Waals surface area contributed by atoms with E-state index in [1.54, 1.807) is 13.8 Å². The first-order chi connectivity index (χ1) is 5.89. The summed E-state index contributed by atoms with van der Waals surface area (Å²) >= 11 is 11.9. The maximum atomic E-state index is 11.6. The number of hydrogen-bond donors (Lipinski definition) is 0. The largest absolute Gasteiger partial charge is 0.357 e. The summed E-state index contributed by atoms with van der Waals surface area (Å²) in [6, 6.07) is 0. The second-order valence-corrected chi connectivity index (χ2v) is 4.80. The van der Waals surface area contributed by atoms with E-state index in [1.807, 2.05) is 12.2 Å². The van der Waals surface area contributed by atoms with Crippen LogP contribution in [0.15, 0.2) is 12.2 Å². The molecular weight excluding hydrogens is 211 g/mol. The van der Waals surface area contributed by atoms with Gasteiger partial charge in [0, 0.05) is 0 Å². The normalized spacial score (nSPS) is 54.3. The van der Waals surface area contributed by atoms with E-state index in [9.17, 15) is 4.79 Å². The van der Waals surface area contributed by atoms with Gasteiger partial charge in [0.15, 0.2) is 5.78 Å². The molecule has 2 aliphatic rings. The van der Waals surface area contributed by atoms with Gasteiger partial charge < -0.3 is 4.74 Å². The molecule has 1 saturated heterocycles. The zero-order valence-electron chi connectivity index (χ0n) is 7.38. The zero-order chi connectivity index (χ0) is 9.85. The SMILES string of the molecule is C[C@]12C=C[C@](C)(O1)[C@H](Cl)C(=O)[C@@H]2Cl. The number of Topliss-reactive ketones (excluding diaryl/α,β-unsaturated/α-hetero) is 1. The van der Waals surface area contributed by atoms with Crippen LogP contribution in [0, 0.1) is 0 Å². The number of halogens is 2. The summed E-state index contributed by atoms with van der Waals surface area (Å²) < 4.78 is 5.67. The van der Waals surface area contributed by atoms with Crippen molar-refractivity contribution in [1.29, 1.82) is 0 Å². The third-order valence-electron chi connectivity index (χ3n) is 2.69. The second kappa shape index (κ2) is 2.50. The molecule has 0 aliphatic carbocycles. The molecule has 0 radical (unpaired) electrons. The molecular formula is C9H10Cl2O2. The Balaban J connectivity index is 2.46. The Labute approximate surface area is 86.8 Å². The van der Waals surface area contributed by atoms with Gasteiger partial charge in [-0.2, -0.15) is 0 Å². The maximum Gasteiger partial charge on any atom is 0.174 e. The van der Waals surface area contributed by atoms with Gasteiger partial charge in [-0.25, -0.2) is 0 Å². The van der Waals surface area contributed by atoms with E-state index in [0.717, 1.165) is 0 Å². The Hall–Kier alpha value is -0.0500. The third kappa shape index (κ3) is 1.09. The molecule has 0 N–H and O–H groups in total. The highest BCUT2D eigenvalue weighted by molar-refractivity contribution is 6.42. The highest BCUT2D eigenvalue weighted by Crippen LogP contribution is 2.45. The highest BCUT2D eigenvalue weighted by Gasteiger charge is 2.57. The quantitative estimate of drug-likeness (QED) is 0.461. The molecule has 0 aromatic heterocycles. The minimum atomic E-state index is -0.682. The van der Waals surface area contributed by atoms with E-state index in [2.05, 4.69) is 0 Å². The average molecular weight is 221 g/mol. The van der Waals surface area contributed by atoms with Crippen molar-refractivity contribution in [2.75, 3.05) is 0 Å². The first-order valence-electron chi connectivity index (χ1n) is 4.11. The van der Waals surface area contributed by atoms with Crippen LogP contribution in [-0.4, -0.2) is 27.7 Å². The lowest BCUT2D eigenvalue weighted by Crippen LogP contribution is -2.57. The lowest BCUT2D eigenvalue weighted by Gasteiger charge is -2.41. The molecule has 0 saturated carbocycles. The van der Waals surface area contributed by atoms with E-state index in [-0.39, 0.29) is 5.78 Å². The van der Waals surface area contributed by atoms with Crippen LogP contribution in [0.1, 0.15) is 13.8 Å². The Kier molecular flexibility index (Phi) is 1.83. The summed E-state index contributed by atoms with van der Waals surface area (Å²) in [4.78, 5) is 11.6. The van der Waals surface area contributed by atoms with E-state index in [4.69, 9.17) is 27.9 Å². The summed E-state index contributed by atoms with van der Waals surface area (Å²) in [5.41, 5.74) is -1.36. The van der Waals surface area contributed by atoms with Crippen LogP contribution in [0.5, 0.6) is 0 Å². The molecule has 2 heterocycles. The van der Waals surface area contributed by atoms with Crippen LogP contribution in [0.25, 0.3) is 0 Å². The van der Waals surface area contributed by atoms with Crippen LogP contribution in [0.4, 0.5) is 0 Å². The molecule has 2 aliphatic heterocycles. The number of carbonyl (C=O) groups excluding carboxylic acids is 1. The number of ether oxygens (including phenoxy) is 1. The predicted molar refractivity (Wildman–Crippen MR) is 51.3 cm³/mol. The monoisotopic (exact) mass is 220 g/mol. The topological polar surface area (TPSA) is 26.3 Å². The van der Waals surface area contributed by atoms with Gasteiger partial charge >= 0.3 is 0 Å². The Bertz CT molecular complexity index is 276. The van der Waals surface area contributed by atoms with Crippen LogP contribution >= 0.6 is 23.2 Å². The van der Waals surface area contributed by atoms with Crippen molar-refractivity contribution in [3.05, 3.63) is 12.2 Å². The Morgan fingerprint density at radius 1 is 1.23 bits per heavy atom. The number of ketones is 1. The van der Waals surface area contributed by atoms with Gasteiger partial charge in [-0.1, -0.05) is 12.2 Å². The van der Waals surface area contributed by atoms with Gasteiger partial charge in [0.1, 0.15) is 22.0 Å². The van der Waals surface area contributed by atoms with Crippen LogP contribution in [-0.2, 0) is 9.53 Å². The van der Waals surface area contributed by atoms with E-state index < -0.39 is 22.0 Å². The van der Waals surface area contributed by atoms with Crippen molar-refractivity contribution in [3.8, 4) is 0 Å². The molecule has 2 bridgehead atoms. The summed E-state index contributed by atoms with van der Waals surface area (Å²) in [7, 11) is 0. The molecule has 4 atom stereocenters. The number of fused-ring (bicyclic) bond motifs is 2. The van der Waals surface area contributed by atoms with Crippen LogP contribution in [0.3, 0.4) is 0 Å². The van der Waals surface area contributed by atoms with Gasteiger partial charge in [-0.15, -0.1) is 23.2 Å². The molecule has 4 heteroatoms. The lowest BCUT2D eigenvalue weighted by atomic mass is 9.91. The van der Waals surface area contributed by atoms with Crippen molar-refractivity contribution in [3.63, 3.8) is 0 Å². The number of alkyl halides is 2. The molecule has 0 unspecified atom stereocenters. The third-order valence-corrected chi connectivity index (χ3v) is 3.99. The molecule has 2 rings (SSSR count). The molecule has 0 aromatic rings. The molecule has 1 fully saturated rings. The average Bonchev–Trinajstić information content (AvgIpc) is 2.38. The van der Waals surface area contributed by atoms with Crippen molar-refractivity contribution in [2.24, 2.45) is 0 Å². The highest BCUT2D eigenvalue weighted by atomic mass is 35.5. The van der Waals surface area contributed by atoms with Crippen molar-refractivity contribution in [2.45, 2.75) is 35.8 Å². The smallest absolute Gasteiger partial charge is 0.174 e. The minimum Gasteiger partial charge on any atom is -0.357 e. The Morgan fingerprint density at radius 2 is 1.62 bits per heavy atom. The van der Waals surface area contributed by atoms with Crippen LogP contribution in [0.2, 0.25) is 0 Å². The molecule has 72 valence electrons. The number of rotatable bonds is 0. The summed E-state index contributed by atoms with van der Waals surface area (Å²) in [5.74, 6) is -0.149. The van der Waals surface area contributed by atoms with E-state index >= 15 is 0 Å². The fourth-order valence-electron chi connectivity index (χ4n) is 1.84. The van der Waals surface area contributed by atoms with Crippen molar-refractivity contribution in [1.82, 2.24) is 0 Å². The van der Waals surface area contributed by atoms with E-state index in [1.165, 1.54) is 0 Å². The lowest BCUT2D eigenvalue weighted by molar-refractivity contribution is -0.145. The Morgan fingerprint density at radius 3 is 2.00 bits per heavy atom. The first-order valence-corrected chi connectivity index (χ1v) is 4.99. The number of carbonyl (C=O) groups is 1. The standard InChI is InChI=1S/C9H10Cl2O2/c1-8-3-4-9(2,13-8)7(11)5(12)6(8)10/h3-4,6-7H,1-2H3/t6-,7+,8+,9-. The first kappa shape index (κ1) is 9.50. The maximum absolute atomic E-state index is 11.6. The van der Waals surface area contributed by atoms with Crippen molar-refractivity contribution < 1.29 is 9.53 Å². The summed E-state index contributed by atoms with van der Waals surface area (Å²) in [5, 5.41) is -1.36. The molecule has 0 amide bonds. The second-order valence-electron chi connectivity index (χ2n) is 3.93. The molecule has 2 nitrogen and oxygen atoms in total.